The maximum atomic E-state index is 15.3. The number of fused-ring (bicyclic) bond motifs is 3. The van der Waals surface area contributed by atoms with E-state index >= 15 is 4.39 Å². The third-order valence-corrected chi connectivity index (χ3v) is 7.92. The van der Waals surface area contributed by atoms with Gasteiger partial charge in [0.25, 0.3) is 5.56 Å². The molecule has 1 fully saturated rings. The third-order valence-electron chi connectivity index (χ3n) is 7.92. The lowest BCUT2D eigenvalue weighted by atomic mass is 9.74. The number of nitrogens with one attached hydrogen (secondary N) is 1. The molecule has 0 radical (unpaired) electrons. The molecule has 1 aliphatic carbocycles. The molecule has 0 unspecified atom stereocenters. The number of nitrogens with zero attached hydrogens (tertiary/aromatic N) is 3. The number of rotatable bonds is 3. The lowest BCUT2D eigenvalue weighted by molar-refractivity contribution is 0.337. The first-order chi connectivity index (χ1) is 16.9. The Morgan fingerprint density at radius 3 is 2.69 bits per heavy atom. The summed E-state index contributed by atoms with van der Waals surface area (Å²) >= 11 is 0. The van der Waals surface area contributed by atoms with Crippen LogP contribution >= 0.6 is 0 Å². The van der Waals surface area contributed by atoms with Crippen molar-refractivity contribution in [1.29, 1.82) is 0 Å². The second-order valence-corrected chi connectivity index (χ2v) is 10.2. The quantitative estimate of drug-likeness (QED) is 0.556. The number of halogens is 2. The fourth-order valence-corrected chi connectivity index (χ4v) is 6.21. The molecule has 182 valence electrons. The van der Waals surface area contributed by atoms with Gasteiger partial charge in [0.2, 0.25) is 5.95 Å². The minimum Gasteiger partial charge on any atom is -0.399 e. The fraction of sp³-hybridized carbons (Fsp3) is 0.407. The summed E-state index contributed by atoms with van der Waals surface area (Å²) in [6, 6.07) is 10.1. The van der Waals surface area contributed by atoms with Gasteiger partial charge in [0, 0.05) is 60.2 Å². The van der Waals surface area contributed by atoms with E-state index in [4.69, 9.17) is 10.7 Å². The first-order valence-electron chi connectivity index (χ1n) is 12.4. The molecule has 6 nitrogen and oxygen atoms in total. The molecule has 0 amide bonds. The van der Waals surface area contributed by atoms with Gasteiger partial charge in [0.1, 0.15) is 11.6 Å². The van der Waals surface area contributed by atoms with Crippen LogP contribution < -0.4 is 21.1 Å². The summed E-state index contributed by atoms with van der Waals surface area (Å²) in [4.78, 5) is 24.6. The molecule has 3 N–H and O–H groups in total. The number of aromatic amines is 1. The molecule has 3 aromatic rings. The SMILES string of the molecule is Nc1cccc(CN2CC3(CCN(c4nc5c(c(=O)[nH]4)CCCC5)CC3)c3c(F)cc(F)cc32)c1. The minimum absolute atomic E-state index is 0.0361. The molecule has 0 atom stereocenters. The predicted octanol–water partition coefficient (Wildman–Crippen LogP) is 4.07. The number of hydrogen-bond acceptors (Lipinski definition) is 5. The zero-order chi connectivity index (χ0) is 24.2. The molecule has 2 aromatic carbocycles. The zero-order valence-electron chi connectivity index (χ0n) is 19.6. The normalized spacial score (nSPS) is 18.6. The van der Waals surface area contributed by atoms with E-state index in [0.29, 0.717) is 61.9 Å². The molecule has 0 saturated carbocycles. The summed E-state index contributed by atoms with van der Waals surface area (Å²) in [6.45, 7) is 2.43. The molecule has 3 aliphatic rings. The van der Waals surface area contributed by atoms with E-state index in [2.05, 4.69) is 14.8 Å². The summed E-state index contributed by atoms with van der Waals surface area (Å²) in [5, 5.41) is 0. The molecule has 2 aliphatic heterocycles. The van der Waals surface area contributed by atoms with Gasteiger partial charge < -0.3 is 15.5 Å². The fourth-order valence-electron chi connectivity index (χ4n) is 6.21. The van der Waals surface area contributed by atoms with Crippen LogP contribution in [-0.2, 0) is 24.8 Å². The van der Waals surface area contributed by atoms with Crippen LogP contribution in [0.5, 0.6) is 0 Å². The van der Waals surface area contributed by atoms with Gasteiger partial charge in [0.15, 0.2) is 0 Å². The van der Waals surface area contributed by atoms with Gasteiger partial charge in [-0.15, -0.1) is 0 Å². The Bertz CT molecular complexity index is 1350. The van der Waals surface area contributed by atoms with E-state index < -0.39 is 17.0 Å². The number of nitrogens with two attached hydrogens (primary N) is 1. The number of hydrogen-bond donors (Lipinski definition) is 2. The highest BCUT2D eigenvalue weighted by Crippen LogP contribution is 2.49. The van der Waals surface area contributed by atoms with Crippen molar-refractivity contribution in [2.45, 2.75) is 50.5 Å². The van der Waals surface area contributed by atoms with Crippen molar-refractivity contribution in [2.75, 3.05) is 35.2 Å². The summed E-state index contributed by atoms with van der Waals surface area (Å²) < 4.78 is 29.5. The second-order valence-electron chi connectivity index (χ2n) is 10.2. The zero-order valence-corrected chi connectivity index (χ0v) is 19.6. The number of piperidine rings is 1. The first-order valence-corrected chi connectivity index (χ1v) is 12.4. The number of aryl methyl sites for hydroxylation is 1. The van der Waals surface area contributed by atoms with Gasteiger partial charge in [-0.1, -0.05) is 12.1 Å². The number of benzene rings is 2. The van der Waals surface area contributed by atoms with E-state index in [1.54, 1.807) is 0 Å². The Balaban J connectivity index is 1.29. The lowest BCUT2D eigenvalue weighted by Crippen LogP contribution is -2.46. The van der Waals surface area contributed by atoms with Gasteiger partial charge in [-0.3, -0.25) is 9.78 Å². The predicted molar refractivity (Wildman–Crippen MR) is 133 cm³/mol. The van der Waals surface area contributed by atoms with Crippen LogP contribution in [-0.4, -0.2) is 29.6 Å². The van der Waals surface area contributed by atoms with Crippen LogP contribution in [0.4, 0.5) is 26.1 Å². The van der Waals surface area contributed by atoms with E-state index in [1.165, 1.54) is 6.07 Å². The van der Waals surface area contributed by atoms with Crippen LogP contribution in [0.25, 0.3) is 0 Å². The van der Waals surface area contributed by atoms with Gasteiger partial charge in [-0.2, -0.15) is 0 Å². The maximum Gasteiger partial charge on any atom is 0.255 e. The standard InChI is InChI=1S/C27H29F2N5O/c28-18-13-21(29)24-23(14-18)34(15-17-4-3-5-19(30)12-17)16-27(24)8-10-33(11-9-27)26-31-22-7-2-1-6-20(22)25(35)32-26/h3-5,12-14H,1-2,6-11,15-16,30H2,(H,31,32,35). The van der Waals surface area contributed by atoms with Crippen molar-refractivity contribution in [3.05, 3.63) is 80.8 Å². The van der Waals surface area contributed by atoms with Gasteiger partial charge >= 0.3 is 0 Å². The summed E-state index contributed by atoms with van der Waals surface area (Å²) in [5.74, 6) is -0.437. The maximum absolute atomic E-state index is 15.3. The van der Waals surface area contributed by atoms with E-state index in [9.17, 15) is 9.18 Å². The number of anilines is 3. The Labute approximate surface area is 202 Å². The van der Waals surface area contributed by atoms with Crippen molar-refractivity contribution in [3.8, 4) is 0 Å². The number of nitrogen functional groups attached to an aromatic ring is 1. The Kier molecular flexibility index (Phi) is 5.27. The van der Waals surface area contributed by atoms with Crippen molar-refractivity contribution in [3.63, 3.8) is 0 Å². The Hall–Kier alpha value is -3.42. The van der Waals surface area contributed by atoms with Gasteiger partial charge in [-0.25, -0.2) is 13.8 Å². The Morgan fingerprint density at radius 1 is 1.09 bits per heavy atom. The van der Waals surface area contributed by atoms with Gasteiger partial charge in [0.05, 0.1) is 5.69 Å². The molecular weight excluding hydrogens is 448 g/mol. The summed E-state index contributed by atoms with van der Waals surface area (Å²) in [7, 11) is 0. The molecule has 35 heavy (non-hydrogen) atoms. The van der Waals surface area contributed by atoms with Crippen molar-refractivity contribution in [1.82, 2.24) is 9.97 Å². The number of aromatic nitrogens is 2. The molecule has 0 bridgehead atoms. The molecule has 3 heterocycles. The molecular formula is C27H29F2N5O. The van der Waals surface area contributed by atoms with Crippen LogP contribution in [0.1, 0.15) is 48.1 Å². The molecule has 1 aromatic heterocycles. The molecule has 1 spiro atoms. The van der Waals surface area contributed by atoms with Crippen LogP contribution in [0.2, 0.25) is 0 Å². The van der Waals surface area contributed by atoms with Crippen molar-refractivity contribution < 1.29 is 8.78 Å². The van der Waals surface area contributed by atoms with Crippen LogP contribution in [0.3, 0.4) is 0 Å². The summed E-state index contributed by atoms with van der Waals surface area (Å²) in [5.41, 5.74) is 10.1. The second kappa shape index (κ2) is 8.36. The smallest absolute Gasteiger partial charge is 0.255 e. The topological polar surface area (TPSA) is 78.2 Å². The molecule has 1 saturated heterocycles. The van der Waals surface area contributed by atoms with Crippen LogP contribution in [0, 0.1) is 11.6 Å². The lowest BCUT2D eigenvalue weighted by Gasteiger charge is -2.40. The van der Waals surface area contributed by atoms with Gasteiger partial charge in [-0.05, 0) is 62.3 Å². The minimum atomic E-state index is -0.566. The highest BCUT2D eigenvalue weighted by atomic mass is 19.1. The monoisotopic (exact) mass is 477 g/mol. The van der Waals surface area contributed by atoms with Crippen molar-refractivity contribution in [2.24, 2.45) is 0 Å². The molecule has 6 rings (SSSR count). The third kappa shape index (κ3) is 3.85. The summed E-state index contributed by atoms with van der Waals surface area (Å²) in [6.07, 6.45) is 5.10. The van der Waals surface area contributed by atoms with Crippen molar-refractivity contribution >= 4 is 17.3 Å². The largest absolute Gasteiger partial charge is 0.399 e. The highest BCUT2D eigenvalue weighted by Gasteiger charge is 2.47. The highest BCUT2D eigenvalue weighted by molar-refractivity contribution is 5.64. The molecule has 8 heteroatoms. The van der Waals surface area contributed by atoms with E-state index in [0.717, 1.165) is 48.6 Å². The van der Waals surface area contributed by atoms with E-state index in [-0.39, 0.29) is 5.56 Å². The average molecular weight is 478 g/mol. The first kappa shape index (κ1) is 22.1. The Morgan fingerprint density at radius 2 is 1.89 bits per heavy atom. The van der Waals surface area contributed by atoms with Crippen LogP contribution in [0.15, 0.2) is 41.2 Å². The average Bonchev–Trinajstić information content (AvgIpc) is 3.12. The number of H-pyrrole nitrogens is 1. The van der Waals surface area contributed by atoms with E-state index in [1.807, 2.05) is 24.3 Å².